The van der Waals surface area contributed by atoms with Crippen molar-refractivity contribution in [3.8, 4) is 5.75 Å². The quantitative estimate of drug-likeness (QED) is 0.874. The van der Waals surface area contributed by atoms with Crippen LogP contribution in [-0.4, -0.2) is 42.4 Å². The highest BCUT2D eigenvalue weighted by Crippen LogP contribution is 2.21. The number of likely N-dealkylation sites (N-methyl/N-ethyl adjacent to an activating group) is 1. The van der Waals surface area contributed by atoms with Gasteiger partial charge >= 0.3 is 0 Å². The molecule has 0 aromatic heterocycles. The highest BCUT2D eigenvalue weighted by molar-refractivity contribution is 6.30. The number of aliphatic hydroxyl groups is 1. The summed E-state index contributed by atoms with van der Waals surface area (Å²) < 4.78 is 5.58. The SMILES string of the molecule is CN(C[C@@H](O)COc1ccc(Cl)cc1)C1CCCCC1. The zero-order valence-corrected chi connectivity index (χ0v) is 12.9. The van der Waals surface area contributed by atoms with E-state index in [0.717, 1.165) is 5.75 Å². The Balaban J connectivity index is 1.71. The van der Waals surface area contributed by atoms with E-state index < -0.39 is 6.10 Å². The van der Waals surface area contributed by atoms with E-state index in [4.69, 9.17) is 16.3 Å². The highest BCUT2D eigenvalue weighted by atomic mass is 35.5. The average molecular weight is 298 g/mol. The second-order valence-electron chi connectivity index (χ2n) is 5.65. The fraction of sp³-hybridized carbons (Fsp3) is 0.625. The van der Waals surface area contributed by atoms with Gasteiger partial charge in [-0.1, -0.05) is 30.9 Å². The van der Waals surface area contributed by atoms with Crippen LogP contribution in [0.3, 0.4) is 0 Å². The van der Waals surface area contributed by atoms with Crippen LogP contribution in [0.2, 0.25) is 5.02 Å². The standard InChI is InChI=1S/C16H24ClNO2/c1-18(14-5-3-2-4-6-14)11-15(19)12-20-16-9-7-13(17)8-10-16/h7-10,14-15,19H,2-6,11-12H2,1H3/t15-/m1/s1. The van der Waals surface area contributed by atoms with Crippen molar-refractivity contribution in [2.75, 3.05) is 20.2 Å². The molecule has 3 nitrogen and oxygen atoms in total. The molecule has 1 aromatic carbocycles. The Kier molecular flexibility index (Phi) is 6.14. The van der Waals surface area contributed by atoms with Crippen LogP contribution in [0.4, 0.5) is 0 Å². The second-order valence-corrected chi connectivity index (χ2v) is 6.09. The molecule has 0 aliphatic heterocycles. The van der Waals surface area contributed by atoms with Crippen molar-refractivity contribution < 1.29 is 9.84 Å². The van der Waals surface area contributed by atoms with Crippen molar-refractivity contribution in [2.24, 2.45) is 0 Å². The van der Waals surface area contributed by atoms with Crippen molar-refractivity contribution in [1.29, 1.82) is 0 Å². The average Bonchev–Trinajstić information content (AvgIpc) is 2.47. The minimum absolute atomic E-state index is 0.318. The summed E-state index contributed by atoms with van der Waals surface area (Å²) in [5.41, 5.74) is 0. The molecule has 0 amide bonds. The normalized spacial score (nSPS) is 18.2. The minimum atomic E-state index is -0.461. The molecule has 1 aliphatic rings. The van der Waals surface area contributed by atoms with E-state index >= 15 is 0 Å². The lowest BCUT2D eigenvalue weighted by Gasteiger charge is -2.32. The monoisotopic (exact) mass is 297 g/mol. The van der Waals surface area contributed by atoms with Crippen molar-refractivity contribution in [2.45, 2.75) is 44.2 Å². The van der Waals surface area contributed by atoms with Gasteiger partial charge in [0.1, 0.15) is 18.5 Å². The van der Waals surface area contributed by atoms with Gasteiger partial charge in [-0.25, -0.2) is 0 Å². The molecular weight excluding hydrogens is 274 g/mol. The maximum Gasteiger partial charge on any atom is 0.119 e. The van der Waals surface area contributed by atoms with Crippen LogP contribution in [0.5, 0.6) is 5.75 Å². The summed E-state index contributed by atoms with van der Waals surface area (Å²) in [7, 11) is 2.10. The smallest absolute Gasteiger partial charge is 0.119 e. The lowest BCUT2D eigenvalue weighted by molar-refractivity contribution is 0.0561. The van der Waals surface area contributed by atoms with Crippen molar-refractivity contribution >= 4 is 11.6 Å². The minimum Gasteiger partial charge on any atom is -0.491 e. The van der Waals surface area contributed by atoms with Crippen molar-refractivity contribution in [3.05, 3.63) is 29.3 Å². The van der Waals surface area contributed by atoms with Crippen molar-refractivity contribution in [1.82, 2.24) is 4.90 Å². The molecular formula is C16H24ClNO2. The largest absolute Gasteiger partial charge is 0.491 e. The molecule has 1 saturated carbocycles. The number of nitrogens with zero attached hydrogens (tertiary/aromatic N) is 1. The van der Waals surface area contributed by atoms with Gasteiger partial charge < -0.3 is 14.7 Å². The Morgan fingerprint density at radius 2 is 1.90 bits per heavy atom. The molecule has 0 spiro atoms. The lowest BCUT2D eigenvalue weighted by atomic mass is 9.94. The van der Waals surface area contributed by atoms with Crippen LogP contribution in [0.1, 0.15) is 32.1 Å². The lowest BCUT2D eigenvalue weighted by Crippen LogP contribution is -2.40. The van der Waals surface area contributed by atoms with Gasteiger partial charge in [-0.3, -0.25) is 0 Å². The van der Waals surface area contributed by atoms with E-state index in [-0.39, 0.29) is 0 Å². The number of aliphatic hydroxyl groups excluding tert-OH is 1. The number of ether oxygens (including phenoxy) is 1. The van der Waals surface area contributed by atoms with Gasteiger partial charge in [-0.2, -0.15) is 0 Å². The molecule has 1 N–H and O–H groups in total. The summed E-state index contributed by atoms with van der Waals surface area (Å²) in [6.45, 7) is 0.983. The number of hydrogen-bond donors (Lipinski definition) is 1. The molecule has 20 heavy (non-hydrogen) atoms. The first-order valence-electron chi connectivity index (χ1n) is 7.42. The summed E-state index contributed by atoms with van der Waals surface area (Å²) in [5.74, 6) is 0.744. The summed E-state index contributed by atoms with van der Waals surface area (Å²) in [6.07, 6.45) is 6.02. The maximum absolute atomic E-state index is 10.1. The Labute approximate surface area is 126 Å². The van der Waals surface area contributed by atoms with E-state index in [2.05, 4.69) is 11.9 Å². The summed E-state index contributed by atoms with van der Waals surface area (Å²) in [4.78, 5) is 2.27. The third-order valence-electron chi connectivity index (χ3n) is 3.95. The van der Waals surface area contributed by atoms with Gasteiger partial charge in [0.25, 0.3) is 0 Å². The van der Waals surface area contributed by atoms with E-state index in [0.29, 0.717) is 24.2 Å². The van der Waals surface area contributed by atoms with Crippen LogP contribution in [0.15, 0.2) is 24.3 Å². The third kappa shape index (κ3) is 4.97. The molecule has 112 valence electrons. The molecule has 1 fully saturated rings. The maximum atomic E-state index is 10.1. The van der Waals surface area contributed by atoms with Gasteiger partial charge in [0, 0.05) is 17.6 Å². The first kappa shape index (κ1) is 15.6. The summed E-state index contributed by atoms with van der Waals surface area (Å²) in [6, 6.07) is 7.84. The molecule has 0 heterocycles. The molecule has 1 aliphatic carbocycles. The van der Waals surface area contributed by atoms with Gasteiger partial charge in [-0.05, 0) is 44.2 Å². The molecule has 1 atom stereocenters. The van der Waals surface area contributed by atoms with E-state index in [1.165, 1.54) is 32.1 Å². The zero-order valence-electron chi connectivity index (χ0n) is 12.1. The predicted molar refractivity (Wildman–Crippen MR) is 82.5 cm³/mol. The number of rotatable bonds is 6. The third-order valence-corrected chi connectivity index (χ3v) is 4.20. The molecule has 0 radical (unpaired) electrons. The predicted octanol–water partition coefficient (Wildman–Crippen LogP) is 3.34. The number of benzene rings is 1. The summed E-state index contributed by atoms with van der Waals surface area (Å²) in [5, 5.41) is 10.8. The molecule has 1 aromatic rings. The molecule has 0 unspecified atom stereocenters. The van der Waals surface area contributed by atoms with Crippen LogP contribution in [0, 0.1) is 0 Å². The Morgan fingerprint density at radius 3 is 2.55 bits per heavy atom. The molecule has 0 bridgehead atoms. The first-order valence-corrected chi connectivity index (χ1v) is 7.79. The second kappa shape index (κ2) is 7.87. The zero-order chi connectivity index (χ0) is 14.4. The van der Waals surface area contributed by atoms with Gasteiger partial charge in [-0.15, -0.1) is 0 Å². The molecule has 4 heteroatoms. The first-order chi connectivity index (χ1) is 9.65. The van der Waals surface area contributed by atoms with Crippen LogP contribution >= 0.6 is 11.6 Å². The van der Waals surface area contributed by atoms with Gasteiger partial charge in [0.2, 0.25) is 0 Å². The van der Waals surface area contributed by atoms with Crippen LogP contribution in [0.25, 0.3) is 0 Å². The Morgan fingerprint density at radius 1 is 1.25 bits per heavy atom. The van der Waals surface area contributed by atoms with Crippen molar-refractivity contribution in [3.63, 3.8) is 0 Å². The van der Waals surface area contributed by atoms with E-state index in [1.54, 1.807) is 12.1 Å². The fourth-order valence-corrected chi connectivity index (χ4v) is 2.91. The summed E-state index contributed by atoms with van der Waals surface area (Å²) >= 11 is 5.82. The fourth-order valence-electron chi connectivity index (χ4n) is 2.78. The Bertz CT molecular complexity index is 390. The topological polar surface area (TPSA) is 32.7 Å². The molecule has 0 saturated heterocycles. The van der Waals surface area contributed by atoms with Gasteiger partial charge in [0.05, 0.1) is 0 Å². The van der Waals surface area contributed by atoms with E-state index in [9.17, 15) is 5.11 Å². The highest BCUT2D eigenvalue weighted by Gasteiger charge is 2.20. The molecule has 2 rings (SSSR count). The van der Waals surface area contributed by atoms with E-state index in [1.807, 2.05) is 12.1 Å². The number of halogens is 1. The van der Waals surface area contributed by atoms with Crippen LogP contribution < -0.4 is 4.74 Å². The van der Waals surface area contributed by atoms with Crippen LogP contribution in [-0.2, 0) is 0 Å². The van der Waals surface area contributed by atoms with Gasteiger partial charge in [0.15, 0.2) is 0 Å². The number of hydrogen-bond acceptors (Lipinski definition) is 3. The Hall–Kier alpha value is -0.770.